The van der Waals surface area contributed by atoms with Crippen molar-refractivity contribution in [2.24, 2.45) is 0 Å². The zero-order valence-electron chi connectivity index (χ0n) is 6.73. The van der Waals surface area contributed by atoms with Crippen LogP contribution < -0.4 is 0 Å². The highest BCUT2D eigenvalue weighted by molar-refractivity contribution is 9.11. The Morgan fingerprint density at radius 2 is 2.15 bits per heavy atom. The first-order valence-electron chi connectivity index (χ1n) is 3.59. The standard InChI is InChI=1S/C7H9BrO3S2/c8-7-2-1-6(12-7)5-13(10,11)4-3-9/h1-2,9H,3-5H2. The van der Waals surface area contributed by atoms with Gasteiger partial charge >= 0.3 is 0 Å². The predicted octanol–water partition coefficient (Wildman–Crippen LogP) is 1.42. The monoisotopic (exact) mass is 284 g/mol. The zero-order valence-corrected chi connectivity index (χ0v) is 9.95. The van der Waals surface area contributed by atoms with E-state index in [1.54, 1.807) is 6.07 Å². The highest BCUT2D eigenvalue weighted by atomic mass is 79.9. The fourth-order valence-electron chi connectivity index (χ4n) is 0.857. The molecule has 0 saturated heterocycles. The zero-order chi connectivity index (χ0) is 9.90. The Bertz CT molecular complexity index is 369. The molecule has 74 valence electrons. The lowest BCUT2D eigenvalue weighted by Crippen LogP contribution is -2.11. The topological polar surface area (TPSA) is 54.4 Å². The maximum Gasteiger partial charge on any atom is 0.157 e. The molecule has 0 unspecified atom stereocenters. The quantitative estimate of drug-likeness (QED) is 0.910. The van der Waals surface area contributed by atoms with Crippen molar-refractivity contribution >= 4 is 37.1 Å². The second-order valence-electron chi connectivity index (χ2n) is 2.52. The highest BCUT2D eigenvalue weighted by Gasteiger charge is 2.12. The van der Waals surface area contributed by atoms with Crippen LogP contribution in [0.25, 0.3) is 0 Å². The number of aliphatic hydroxyl groups excluding tert-OH is 1. The van der Waals surface area contributed by atoms with Gasteiger partial charge in [-0.15, -0.1) is 11.3 Å². The van der Waals surface area contributed by atoms with Crippen LogP contribution in [0.5, 0.6) is 0 Å². The Balaban J connectivity index is 2.69. The van der Waals surface area contributed by atoms with Gasteiger partial charge < -0.3 is 5.11 Å². The van der Waals surface area contributed by atoms with E-state index in [2.05, 4.69) is 15.9 Å². The van der Waals surface area contributed by atoms with Crippen molar-refractivity contribution in [2.45, 2.75) is 5.75 Å². The van der Waals surface area contributed by atoms with E-state index in [0.29, 0.717) is 0 Å². The average molecular weight is 285 g/mol. The molecule has 0 amide bonds. The molecule has 6 heteroatoms. The molecule has 1 aromatic heterocycles. The molecule has 0 fully saturated rings. The van der Waals surface area contributed by atoms with Crippen LogP contribution in [0.2, 0.25) is 0 Å². The minimum atomic E-state index is -3.13. The van der Waals surface area contributed by atoms with E-state index in [1.165, 1.54) is 11.3 Å². The number of thiophene rings is 1. The summed E-state index contributed by atoms with van der Waals surface area (Å²) in [6, 6.07) is 3.58. The van der Waals surface area contributed by atoms with E-state index in [9.17, 15) is 8.42 Å². The maximum atomic E-state index is 11.2. The molecular weight excluding hydrogens is 276 g/mol. The Labute approximate surface area is 89.5 Å². The second-order valence-corrected chi connectivity index (χ2v) is 7.25. The molecule has 0 aliphatic heterocycles. The lowest BCUT2D eigenvalue weighted by Gasteiger charge is -1.98. The second kappa shape index (κ2) is 4.54. The van der Waals surface area contributed by atoms with E-state index in [-0.39, 0.29) is 18.1 Å². The number of rotatable bonds is 4. The van der Waals surface area contributed by atoms with Crippen LogP contribution in [0.15, 0.2) is 15.9 Å². The van der Waals surface area contributed by atoms with E-state index in [1.807, 2.05) is 6.07 Å². The first kappa shape index (κ1) is 11.2. The number of aliphatic hydroxyl groups is 1. The third kappa shape index (κ3) is 3.76. The van der Waals surface area contributed by atoms with Crippen LogP contribution in [-0.4, -0.2) is 25.9 Å². The molecule has 1 rings (SSSR count). The third-order valence-electron chi connectivity index (χ3n) is 1.39. The normalized spacial score (nSPS) is 11.8. The molecule has 0 aliphatic carbocycles. The molecule has 1 heterocycles. The number of hydrogen-bond donors (Lipinski definition) is 1. The van der Waals surface area contributed by atoms with Crippen molar-refractivity contribution in [2.75, 3.05) is 12.4 Å². The summed E-state index contributed by atoms with van der Waals surface area (Å²) in [7, 11) is -3.13. The number of sulfone groups is 1. The molecule has 0 aromatic carbocycles. The average Bonchev–Trinajstić information content (AvgIpc) is 2.34. The fourth-order valence-corrected chi connectivity index (χ4v) is 3.86. The van der Waals surface area contributed by atoms with Crippen molar-refractivity contribution < 1.29 is 13.5 Å². The molecule has 0 aliphatic rings. The molecule has 0 atom stereocenters. The molecule has 3 nitrogen and oxygen atoms in total. The van der Waals surface area contributed by atoms with Crippen LogP contribution in [0.1, 0.15) is 4.88 Å². The molecule has 13 heavy (non-hydrogen) atoms. The van der Waals surface area contributed by atoms with Crippen molar-refractivity contribution in [3.8, 4) is 0 Å². The first-order valence-corrected chi connectivity index (χ1v) is 7.02. The van der Waals surface area contributed by atoms with E-state index < -0.39 is 9.84 Å². The van der Waals surface area contributed by atoms with Gasteiger partial charge in [-0.2, -0.15) is 0 Å². The Hall–Kier alpha value is 0.0900. The van der Waals surface area contributed by atoms with Gasteiger partial charge in [0.15, 0.2) is 9.84 Å². The van der Waals surface area contributed by atoms with Crippen molar-refractivity contribution in [3.05, 3.63) is 20.8 Å². The Kier molecular flexibility index (Phi) is 3.90. The van der Waals surface area contributed by atoms with Gasteiger partial charge in [0, 0.05) is 4.88 Å². The van der Waals surface area contributed by atoms with Crippen LogP contribution in [-0.2, 0) is 15.6 Å². The van der Waals surface area contributed by atoms with Gasteiger partial charge in [0.1, 0.15) is 0 Å². The van der Waals surface area contributed by atoms with E-state index in [0.717, 1.165) is 8.66 Å². The van der Waals surface area contributed by atoms with Crippen molar-refractivity contribution in [1.82, 2.24) is 0 Å². The van der Waals surface area contributed by atoms with Crippen molar-refractivity contribution in [3.63, 3.8) is 0 Å². The first-order chi connectivity index (χ1) is 6.03. The molecule has 0 radical (unpaired) electrons. The van der Waals surface area contributed by atoms with Crippen LogP contribution >= 0.6 is 27.3 Å². The maximum absolute atomic E-state index is 11.2. The summed E-state index contributed by atoms with van der Waals surface area (Å²) in [6.07, 6.45) is 0. The number of halogens is 1. The SMILES string of the molecule is O=S(=O)(CCO)Cc1ccc(Br)s1. The molecule has 0 bridgehead atoms. The molecule has 0 saturated carbocycles. The van der Waals surface area contributed by atoms with E-state index in [4.69, 9.17) is 5.11 Å². The van der Waals surface area contributed by atoms with Gasteiger partial charge in [-0.05, 0) is 28.1 Å². The summed E-state index contributed by atoms with van der Waals surface area (Å²) in [5, 5.41) is 8.50. The Morgan fingerprint density at radius 3 is 2.62 bits per heavy atom. The summed E-state index contributed by atoms with van der Waals surface area (Å²) in [4.78, 5) is 0.792. The van der Waals surface area contributed by atoms with Gasteiger partial charge in [0.2, 0.25) is 0 Å². The van der Waals surface area contributed by atoms with E-state index >= 15 is 0 Å². The lowest BCUT2D eigenvalue weighted by molar-refractivity contribution is 0.319. The van der Waals surface area contributed by atoms with Gasteiger partial charge in [0.25, 0.3) is 0 Å². The summed E-state index contributed by atoms with van der Waals surface area (Å²) >= 11 is 4.65. The van der Waals surface area contributed by atoms with Crippen molar-refractivity contribution in [1.29, 1.82) is 0 Å². The van der Waals surface area contributed by atoms with Gasteiger partial charge in [0.05, 0.1) is 21.9 Å². The highest BCUT2D eigenvalue weighted by Crippen LogP contribution is 2.23. The van der Waals surface area contributed by atoms with Crippen LogP contribution in [0.4, 0.5) is 0 Å². The summed E-state index contributed by atoms with van der Waals surface area (Å²) in [5.74, 6) is -0.146. The summed E-state index contributed by atoms with van der Waals surface area (Å²) in [6.45, 7) is -0.311. The Morgan fingerprint density at radius 1 is 1.46 bits per heavy atom. The number of hydrogen-bond acceptors (Lipinski definition) is 4. The largest absolute Gasteiger partial charge is 0.395 e. The lowest BCUT2D eigenvalue weighted by atomic mass is 10.5. The van der Waals surface area contributed by atoms with Crippen LogP contribution in [0, 0.1) is 0 Å². The summed E-state index contributed by atoms with van der Waals surface area (Å²) < 4.78 is 23.4. The fraction of sp³-hybridized carbons (Fsp3) is 0.429. The van der Waals surface area contributed by atoms with Crippen LogP contribution in [0.3, 0.4) is 0 Å². The minimum Gasteiger partial charge on any atom is -0.395 e. The third-order valence-corrected chi connectivity index (χ3v) is 4.76. The molecular formula is C7H9BrO3S2. The van der Waals surface area contributed by atoms with Gasteiger partial charge in [-0.1, -0.05) is 0 Å². The molecule has 0 spiro atoms. The van der Waals surface area contributed by atoms with Gasteiger partial charge in [-0.3, -0.25) is 0 Å². The minimum absolute atomic E-state index is 0.0177. The smallest absolute Gasteiger partial charge is 0.157 e. The molecule has 1 N–H and O–H groups in total. The summed E-state index contributed by atoms with van der Waals surface area (Å²) in [5.41, 5.74) is 0. The molecule has 1 aromatic rings. The predicted molar refractivity (Wildman–Crippen MR) is 56.6 cm³/mol. The van der Waals surface area contributed by atoms with Gasteiger partial charge in [-0.25, -0.2) is 8.42 Å².